The number of aryl methyl sites for hydroxylation is 1. The van der Waals surface area contributed by atoms with E-state index in [1.807, 2.05) is 23.9 Å². The fraction of sp³-hybridized carbons (Fsp3) is 0.333. The van der Waals surface area contributed by atoms with Gasteiger partial charge in [-0.3, -0.25) is 4.79 Å². The lowest BCUT2D eigenvalue weighted by Gasteiger charge is -2.30. The lowest BCUT2D eigenvalue weighted by molar-refractivity contribution is -0.137. The summed E-state index contributed by atoms with van der Waals surface area (Å²) in [5.41, 5.74) is 1.23. The van der Waals surface area contributed by atoms with Crippen molar-refractivity contribution >= 4 is 40.2 Å². The Morgan fingerprint density at radius 2 is 1.75 bits per heavy atom. The number of amides is 1. The monoisotopic (exact) mass is 623 g/mol. The molecular formula is C33H32F3N3O4S. The molecule has 11 heteroatoms. The maximum atomic E-state index is 14.4. The number of carbonyl (C=O) groups excluding carboxylic acids is 1. The number of unbranched alkanes of at least 4 members (excludes halogenated alkanes) is 1. The fourth-order valence-corrected chi connectivity index (χ4v) is 7.15. The Bertz CT molecular complexity index is 1700. The lowest BCUT2D eigenvalue weighted by Crippen LogP contribution is -2.40. The van der Waals surface area contributed by atoms with E-state index in [0.29, 0.717) is 49.2 Å². The molecule has 1 amide bonds. The Kier molecular flexibility index (Phi) is 8.59. The lowest BCUT2D eigenvalue weighted by atomic mass is 9.94. The number of alkyl halides is 3. The quantitative estimate of drug-likeness (QED) is 0.207. The minimum absolute atomic E-state index is 0.0140. The van der Waals surface area contributed by atoms with Gasteiger partial charge in [-0.1, -0.05) is 36.4 Å². The van der Waals surface area contributed by atoms with Crippen molar-refractivity contribution in [3.8, 4) is 11.1 Å². The van der Waals surface area contributed by atoms with Crippen LogP contribution in [-0.4, -0.2) is 72.0 Å². The van der Waals surface area contributed by atoms with Crippen LogP contribution in [0.1, 0.15) is 44.8 Å². The number of halogens is 3. The maximum absolute atomic E-state index is 14.4. The highest BCUT2D eigenvalue weighted by Gasteiger charge is 2.36. The number of benzene rings is 3. The number of rotatable bonds is 8. The summed E-state index contributed by atoms with van der Waals surface area (Å²) in [4.78, 5) is 33.3. The molecule has 7 nitrogen and oxygen atoms in total. The SMILES string of the molecule is O=C(O)c1[nH]c2c(-c3ccc(C(=O)N4CCOCC4)cc3C(F)(F)F)cccc2c1CCCCN1CCSc2ccccc21. The first-order chi connectivity index (χ1) is 21.2. The van der Waals surface area contributed by atoms with Gasteiger partial charge in [-0.15, -0.1) is 11.8 Å². The predicted octanol–water partition coefficient (Wildman–Crippen LogP) is 6.96. The normalized spacial score (nSPS) is 15.4. The number of H-pyrrole nitrogens is 1. The summed E-state index contributed by atoms with van der Waals surface area (Å²) in [6, 6.07) is 16.8. The van der Waals surface area contributed by atoms with Crippen LogP contribution in [0.15, 0.2) is 65.6 Å². The van der Waals surface area contributed by atoms with Gasteiger partial charge in [0.2, 0.25) is 0 Å². The van der Waals surface area contributed by atoms with Crippen molar-refractivity contribution in [3.05, 3.63) is 83.0 Å². The number of anilines is 1. The maximum Gasteiger partial charge on any atom is 0.417 e. The molecular weight excluding hydrogens is 591 g/mol. The number of hydrogen-bond acceptors (Lipinski definition) is 5. The first kappa shape index (κ1) is 30.1. The van der Waals surface area contributed by atoms with E-state index >= 15 is 0 Å². The zero-order valence-corrected chi connectivity index (χ0v) is 24.8. The summed E-state index contributed by atoms with van der Waals surface area (Å²) in [6.45, 7) is 3.08. The molecule has 44 heavy (non-hydrogen) atoms. The van der Waals surface area contributed by atoms with Crippen molar-refractivity contribution in [2.45, 2.75) is 30.3 Å². The van der Waals surface area contributed by atoms with E-state index in [9.17, 15) is 27.9 Å². The number of fused-ring (bicyclic) bond motifs is 2. The number of hydrogen-bond donors (Lipinski definition) is 2. The summed E-state index contributed by atoms with van der Waals surface area (Å²) < 4.78 is 48.5. The highest BCUT2D eigenvalue weighted by atomic mass is 32.2. The third-order valence-corrected chi connectivity index (χ3v) is 9.29. The Morgan fingerprint density at radius 3 is 2.52 bits per heavy atom. The van der Waals surface area contributed by atoms with Crippen molar-refractivity contribution < 1.29 is 32.6 Å². The number of nitrogens with one attached hydrogen (secondary N) is 1. The molecule has 0 aliphatic carbocycles. The minimum atomic E-state index is -4.74. The second-order valence-corrected chi connectivity index (χ2v) is 12.1. The summed E-state index contributed by atoms with van der Waals surface area (Å²) >= 11 is 1.84. The van der Waals surface area contributed by atoms with Gasteiger partial charge >= 0.3 is 12.1 Å². The van der Waals surface area contributed by atoms with E-state index in [0.717, 1.165) is 37.8 Å². The molecule has 0 saturated carbocycles. The molecule has 6 rings (SSSR count). The number of thioether (sulfide) groups is 1. The largest absolute Gasteiger partial charge is 0.477 e. The van der Waals surface area contributed by atoms with Crippen LogP contribution in [0.2, 0.25) is 0 Å². The van der Waals surface area contributed by atoms with Crippen LogP contribution in [-0.2, 0) is 17.3 Å². The van der Waals surface area contributed by atoms with Gasteiger partial charge in [0.25, 0.3) is 5.91 Å². The molecule has 0 atom stereocenters. The van der Waals surface area contributed by atoms with Crippen LogP contribution in [0.25, 0.3) is 22.0 Å². The summed E-state index contributed by atoms with van der Waals surface area (Å²) in [7, 11) is 0. The molecule has 2 aliphatic rings. The van der Waals surface area contributed by atoms with Crippen LogP contribution < -0.4 is 4.90 Å². The number of carboxylic acid groups (broad SMARTS) is 1. The van der Waals surface area contributed by atoms with Crippen LogP contribution in [0.3, 0.4) is 0 Å². The van der Waals surface area contributed by atoms with Gasteiger partial charge in [0.05, 0.1) is 30.0 Å². The van der Waals surface area contributed by atoms with Crippen LogP contribution in [0, 0.1) is 0 Å². The smallest absolute Gasteiger partial charge is 0.417 e. The first-order valence-corrected chi connectivity index (χ1v) is 15.6. The number of nitrogens with zero attached hydrogens (tertiary/aromatic N) is 2. The Balaban J connectivity index is 1.29. The predicted molar refractivity (Wildman–Crippen MR) is 165 cm³/mol. The van der Waals surface area contributed by atoms with E-state index in [4.69, 9.17) is 4.74 Å². The molecule has 0 unspecified atom stereocenters. The van der Waals surface area contributed by atoms with Gasteiger partial charge < -0.3 is 24.6 Å². The number of aromatic nitrogens is 1. The topological polar surface area (TPSA) is 85.9 Å². The van der Waals surface area contributed by atoms with Crippen LogP contribution in [0.4, 0.5) is 18.9 Å². The van der Waals surface area contributed by atoms with Crippen LogP contribution in [0.5, 0.6) is 0 Å². The van der Waals surface area contributed by atoms with Crippen molar-refractivity contribution in [1.29, 1.82) is 0 Å². The van der Waals surface area contributed by atoms with Gasteiger partial charge in [-0.05, 0) is 54.7 Å². The van der Waals surface area contributed by atoms with Crippen molar-refractivity contribution in [2.24, 2.45) is 0 Å². The zero-order chi connectivity index (χ0) is 30.8. The summed E-state index contributed by atoms with van der Waals surface area (Å²) in [5, 5.41) is 10.6. The average Bonchev–Trinajstić information content (AvgIpc) is 3.41. The molecule has 1 aromatic heterocycles. The van der Waals surface area contributed by atoms with E-state index in [1.54, 1.807) is 18.2 Å². The highest BCUT2D eigenvalue weighted by molar-refractivity contribution is 7.99. The van der Waals surface area contributed by atoms with E-state index in [-0.39, 0.29) is 22.4 Å². The third kappa shape index (κ3) is 6.03. The molecule has 0 bridgehead atoms. The first-order valence-electron chi connectivity index (χ1n) is 14.6. The Labute approximate surface area is 257 Å². The molecule has 3 aromatic carbocycles. The van der Waals surface area contributed by atoms with Gasteiger partial charge in [0, 0.05) is 53.3 Å². The van der Waals surface area contributed by atoms with Crippen molar-refractivity contribution in [2.75, 3.05) is 50.0 Å². The Morgan fingerprint density at radius 1 is 0.955 bits per heavy atom. The van der Waals surface area contributed by atoms with Gasteiger partial charge in [0.1, 0.15) is 5.69 Å². The van der Waals surface area contributed by atoms with E-state index in [1.165, 1.54) is 27.6 Å². The number of aromatic amines is 1. The average molecular weight is 624 g/mol. The number of aromatic carboxylic acids is 1. The third-order valence-electron chi connectivity index (χ3n) is 8.25. The molecule has 3 heterocycles. The van der Waals surface area contributed by atoms with Crippen molar-refractivity contribution in [3.63, 3.8) is 0 Å². The molecule has 0 radical (unpaired) electrons. The molecule has 1 saturated heterocycles. The molecule has 230 valence electrons. The highest BCUT2D eigenvalue weighted by Crippen LogP contribution is 2.41. The summed E-state index contributed by atoms with van der Waals surface area (Å²) in [5.74, 6) is -0.634. The fourth-order valence-electron chi connectivity index (χ4n) is 6.10. The molecule has 2 aliphatic heterocycles. The second kappa shape index (κ2) is 12.6. The van der Waals surface area contributed by atoms with Gasteiger partial charge in [-0.2, -0.15) is 13.2 Å². The summed E-state index contributed by atoms with van der Waals surface area (Å²) in [6.07, 6.45) is -2.72. The van der Waals surface area contributed by atoms with Crippen molar-refractivity contribution in [1.82, 2.24) is 9.88 Å². The minimum Gasteiger partial charge on any atom is -0.477 e. The number of carboxylic acids is 1. The molecule has 4 aromatic rings. The number of para-hydroxylation sites is 2. The standard InChI is InChI=1S/C33H32F3N3O4S/c34-33(35,36)26-20-21(31(40)39-14-17-43-18-15-39)11-12-22(26)23-7-5-8-24-25(30(32(41)42)37-29(23)24)6-3-4-13-38-16-19-44-28-10-2-1-9-27(28)38/h1-2,5,7-12,20,37H,3-4,6,13-19H2,(H,41,42). The van der Waals surface area contributed by atoms with Gasteiger partial charge in [0.15, 0.2) is 0 Å². The zero-order valence-electron chi connectivity index (χ0n) is 24.0. The number of ether oxygens (including phenoxy) is 1. The number of carbonyl (C=O) groups is 2. The molecule has 1 fully saturated rings. The molecule has 2 N–H and O–H groups in total. The second-order valence-electron chi connectivity index (χ2n) is 10.9. The van der Waals surface area contributed by atoms with Gasteiger partial charge in [-0.25, -0.2) is 4.79 Å². The van der Waals surface area contributed by atoms with Crippen LogP contribution >= 0.6 is 11.8 Å². The molecule has 0 spiro atoms. The Hall–Kier alpha value is -3.96. The van der Waals surface area contributed by atoms with E-state index in [2.05, 4.69) is 22.0 Å². The van der Waals surface area contributed by atoms with E-state index < -0.39 is 23.6 Å². The number of morpholine rings is 1.